The van der Waals surface area contributed by atoms with Crippen molar-refractivity contribution in [1.82, 2.24) is 9.78 Å². The molecule has 0 spiro atoms. The molecule has 0 aliphatic rings. The topological polar surface area (TPSA) is 78.0 Å². The first kappa shape index (κ1) is 14.2. The molecule has 0 amide bonds. The molecular weight excluding hydrogens is 238 g/mol. The zero-order chi connectivity index (χ0) is 12.9. The van der Waals surface area contributed by atoms with Crippen molar-refractivity contribution in [2.45, 2.75) is 38.5 Å². The zero-order valence-corrected chi connectivity index (χ0v) is 11.3. The average Bonchev–Trinajstić information content (AvgIpc) is 2.67. The first-order valence-electron chi connectivity index (χ1n) is 5.97. The molecule has 0 unspecified atom stereocenters. The molecule has 1 rings (SSSR count). The molecule has 17 heavy (non-hydrogen) atoms. The van der Waals surface area contributed by atoms with E-state index in [9.17, 15) is 8.42 Å². The predicted molar refractivity (Wildman–Crippen MR) is 68.4 cm³/mol. The molecule has 6 heteroatoms. The van der Waals surface area contributed by atoms with Gasteiger partial charge in [-0.25, -0.2) is 8.42 Å². The summed E-state index contributed by atoms with van der Waals surface area (Å²) in [6.45, 7) is 4.36. The molecule has 0 bridgehead atoms. The molecule has 2 N–H and O–H groups in total. The molecule has 0 atom stereocenters. The number of hydrogen-bond donors (Lipinski definition) is 1. The number of hydrogen-bond acceptors (Lipinski definition) is 4. The lowest BCUT2D eigenvalue weighted by atomic mass is 10.2. The second-order valence-electron chi connectivity index (χ2n) is 4.14. The summed E-state index contributed by atoms with van der Waals surface area (Å²) < 4.78 is 25.0. The highest BCUT2D eigenvalue weighted by Gasteiger charge is 2.14. The highest BCUT2D eigenvalue weighted by atomic mass is 32.2. The number of rotatable bonds is 7. The van der Waals surface area contributed by atoms with E-state index in [4.69, 9.17) is 5.73 Å². The van der Waals surface area contributed by atoms with Gasteiger partial charge in [0, 0.05) is 12.7 Å². The molecular formula is C11H21N3O2S. The molecule has 98 valence electrons. The van der Waals surface area contributed by atoms with E-state index in [1.54, 1.807) is 6.07 Å². The minimum atomic E-state index is -3.11. The minimum absolute atomic E-state index is 0.0165. The van der Waals surface area contributed by atoms with Gasteiger partial charge in [-0.05, 0) is 18.9 Å². The lowest BCUT2D eigenvalue weighted by Gasteiger charge is -2.12. The van der Waals surface area contributed by atoms with Gasteiger partial charge in [-0.15, -0.1) is 0 Å². The van der Waals surface area contributed by atoms with E-state index in [1.165, 1.54) is 0 Å². The highest BCUT2D eigenvalue weighted by molar-refractivity contribution is 7.90. The Morgan fingerprint density at radius 1 is 1.41 bits per heavy atom. The van der Waals surface area contributed by atoms with Crippen LogP contribution in [0.5, 0.6) is 0 Å². The lowest BCUT2D eigenvalue weighted by molar-refractivity contribution is 0.426. The van der Waals surface area contributed by atoms with Crippen LogP contribution in [0.2, 0.25) is 0 Å². The fraction of sp³-hybridized carbons (Fsp3) is 0.727. The molecule has 1 aromatic rings. The van der Waals surface area contributed by atoms with E-state index in [0.29, 0.717) is 11.7 Å². The quantitative estimate of drug-likeness (QED) is 0.796. The lowest BCUT2D eigenvalue weighted by Crippen LogP contribution is -2.17. The van der Waals surface area contributed by atoms with Crippen LogP contribution in [0.3, 0.4) is 0 Å². The summed E-state index contributed by atoms with van der Waals surface area (Å²) in [6, 6.07) is 2.12. The highest BCUT2D eigenvalue weighted by Crippen LogP contribution is 2.15. The second-order valence-corrected chi connectivity index (χ2v) is 6.32. The molecule has 0 fully saturated rings. The van der Waals surface area contributed by atoms with Crippen LogP contribution in [-0.2, 0) is 15.6 Å². The van der Waals surface area contributed by atoms with E-state index >= 15 is 0 Å². The first-order chi connectivity index (χ1) is 8.02. The summed E-state index contributed by atoms with van der Waals surface area (Å²) in [4.78, 5) is 0. The van der Waals surface area contributed by atoms with Crippen LogP contribution in [0.1, 0.15) is 38.4 Å². The summed E-state index contributed by atoms with van der Waals surface area (Å²) in [5.74, 6) is 0.00218. The van der Waals surface area contributed by atoms with Crippen LogP contribution < -0.4 is 5.73 Å². The number of sulfone groups is 1. The van der Waals surface area contributed by atoms with E-state index in [-0.39, 0.29) is 18.1 Å². The van der Waals surface area contributed by atoms with Crippen molar-refractivity contribution in [3.63, 3.8) is 0 Å². The van der Waals surface area contributed by atoms with Gasteiger partial charge in [0.15, 0.2) is 9.84 Å². The third-order valence-corrected chi connectivity index (χ3v) is 4.37. The average molecular weight is 259 g/mol. The van der Waals surface area contributed by atoms with Gasteiger partial charge in [0.2, 0.25) is 0 Å². The molecule has 0 saturated carbocycles. The first-order valence-corrected chi connectivity index (χ1v) is 7.79. The Labute approximate surface area is 103 Å². The number of nitrogens with zero attached hydrogens (tertiary/aromatic N) is 2. The molecule has 0 aliphatic carbocycles. The fourth-order valence-electron chi connectivity index (χ4n) is 1.80. The Kier molecular flexibility index (Phi) is 5.14. The summed E-state index contributed by atoms with van der Waals surface area (Å²) >= 11 is 0. The van der Waals surface area contributed by atoms with Crippen LogP contribution in [-0.4, -0.2) is 30.5 Å². The molecule has 0 saturated heterocycles. The maximum Gasteiger partial charge on any atom is 0.157 e. The van der Waals surface area contributed by atoms with E-state index in [0.717, 1.165) is 12.8 Å². The van der Waals surface area contributed by atoms with Gasteiger partial charge in [-0.3, -0.25) is 4.68 Å². The SMILES string of the molecule is CCC(CC)n1ccc(CS(=O)(=O)CCN)n1. The van der Waals surface area contributed by atoms with Crippen molar-refractivity contribution in [2.75, 3.05) is 12.3 Å². The van der Waals surface area contributed by atoms with Crippen molar-refractivity contribution in [3.05, 3.63) is 18.0 Å². The van der Waals surface area contributed by atoms with Crippen LogP contribution in [0.25, 0.3) is 0 Å². The summed E-state index contributed by atoms with van der Waals surface area (Å²) in [5, 5.41) is 4.32. The predicted octanol–water partition coefficient (Wildman–Crippen LogP) is 1.12. The van der Waals surface area contributed by atoms with Crippen LogP contribution in [0.15, 0.2) is 12.3 Å². The van der Waals surface area contributed by atoms with Crippen molar-refractivity contribution in [3.8, 4) is 0 Å². The van der Waals surface area contributed by atoms with Crippen LogP contribution in [0.4, 0.5) is 0 Å². The Morgan fingerprint density at radius 3 is 2.59 bits per heavy atom. The maximum atomic E-state index is 11.6. The monoisotopic (exact) mass is 259 g/mol. The molecule has 1 heterocycles. The minimum Gasteiger partial charge on any atom is -0.329 e. The largest absolute Gasteiger partial charge is 0.329 e. The third kappa shape index (κ3) is 4.12. The van der Waals surface area contributed by atoms with Crippen LogP contribution in [0, 0.1) is 0 Å². The maximum absolute atomic E-state index is 11.6. The third-order valence-electron chi connectivity index (χ3n) is 2.78. The standard InChI is InChI=1S/C11H21N3O2S/c1-3-11(4-2)14-7-5-10(13-14)9-17(15,16)8-6-12/h5,7,11H,3-4,6,8-9,12H2,1-2H3. The Balaban J connectivity index is 2.75. The summed E-state index contributed by atoms with van der Waals surface area (Å²) in [5.41, 5.74) is 5.86. The van der Waals surface area contributed by atoms with Gasteiger partial charge in [-0.2, -0.15) is 5.10 Å². The molecule has 0 aliphatic heterocycles. The smallest absolute Gasteiger partial charge is 0.157 e. The van der Waals surface area contributed by atoms with Crippen LogP contribution >= 0.6 is 0 Å². The van der Waals surface area contributed by atoms with Gasteiger partial charge >= 0.3 is 0 Å². The molecule has 0 aromatic carbocycles. The fourth-order valence-corrected chi connectivity index (χ4v) is 2.91. The summed E-state index contributed by atoms with van der Waals surface area (Å²) in [7, 11) is -3.11. The van der Waals surface area contributed by atoms with E-state index < -0.39 is 9.84 Å². The van der Waals surface area contributed by atoms with Crippen molar-refractivity contribution in [2.24, 2.45) is 5.73 Å². The van der Waals surface area contributed by atoms with E-state index in [2.05, 4.69) is 18.9 Å². The Hall–Kier alpha value is -0.880. The van der Waals surface area contributed by atoms with Gasteiger partial charge in [0.1, 0.15) is 0 Å². The Morgan fingerprint density at radius 2 is 2.06 bits per heavy atom. The normalized spacial score (nSPS) is 12.2. The van der Waals surface area contributed by atoms with Crippen molar-refractivity contribution < 1.29 is 8.42 Å². The Bertz CT molecular complexity index is 435. The molecule has 5 nitrogen and oxygen atoms in total. The van der Waals surface area contributed by atoms with Gasteiger partial charge in [0.05, 0.1) is 23.2 Å². The zero-order valence-electron chi connectivity index (χ0n) is 10.5. The molecule has 0 radical (unpaired) electrons. The summed E-state index contributed by atoms with van der Waals surface area (Å²) in [6.07, 6.45) is 3.84. The number of nitrogens with two attached hydrogens (primary N) is 1. The van der Waals surface area contributed by atoms with Crippen molar-refractivity contribution >= 4 is 9.84 Å². The molecule has 1 aromatic heterocycles. The van der Waals surface area contributed by atoms with Crippen molar-refractivity contribution in [1.29, 1.82) is 0 Å². The number of aromatic nitrogens is 2. The van der Waals surface area contributed by atoms with Gasteiger partial charge in [-0.1, -0.05) is 13.8 Å². The second kappa shape index (κ2) is 6.16. The van der Waals surface area contributed by atoms with Gasteiger partial charge < -0.3 is 5.73 Å². The van der Waals surface area contributed by atoms with Gasteiger partial charge in [0.25, 0.3) is 0 Å². The van der Waals surface area contributed by atoms with E-state index in [1.807, 2.05) is 10.9 Å².